The van der Waals surface area contributed by atoms with E-state index in [2.05, 4.69) is 40.7 Å². The Hall–Kier alpha value is -3.78. The number of Topliss-reactive ketones (excluding diaryl/α,β-unsaturated/α-hetero) is 1. The van der Waals surface area contributed by atoms with Gasteiger partial charge in [0, 0.05) is 30.9 Å². The van der Waals surface area contributed by atoms with E-state index in [0.29, 0.717) is 25.9 Å². The molecule has 57 heavy (non-hydrogen) atoms. The Bertz CT molecular complexity index is 1780. The molecular weight excluding hydrogens is 815 g/mol. The molecule has 2 atom stereocenters. The van der Waals surface area contributed by atoms with Crippen LogP contribution in [0.15, 0.2) is 39.1 Å². The first kappa shape index (κ1) is 51.2. The number of ether oxygens (including phenoxy) is 3. The van der Waals surface area contributed by atoms with Gasteiger partial charge in [-0.05, 0) is 122 Å². The second-order valence-corrected chi connectivity index (χ2v) is 17.0. The number of amides is 2. The normalized spacial score (nSPS) is 18.2. The Morgan fingerprint density at radius 3 is 1.75 bits per heavy atom. The van der Waals surface area contributed by atoms with E-state index in [0.717, 1.165) is 37.9 Å². The molecule has 0 aliphatic carbocycles. The van der Waals surface area contributed by atoms with Crippen molar-refractivity contribution >= 4 is 60.3 Å². The minimum absolute atomic E-state index is 0.00580. The van der Waals surface area contributed by atoms with Gasteiger partial charge in [-0.3, -0.25) is 19.4 Å². The molecule has 0 saturated carbocycles. The molecule has 0 spiro atoms. The van der Waals surface area contributed by atoms with Gasteiger partial charge in [-0.15, -0.1) is 0 Å². The monoisotopic (exact) mass is 873 g/mol. The summed E-state index contributed by atoms with van der Waals surface area (Å²) in [4.78, 5) is 53.1. The Morgan fingerprint density at radius 1 is 0.895 bits per heavy atom. The van der Waals surface area contributed by atoms with Crippen molar-refractivity contribution in [2.24, 2.45) is 4.30 Å². The Kier molecular flexibility index (Phi) is 20.1. The number of carbonyl (C=O) groups is 4. The number of thiol groups is 1. The topological polar surface area (TPSA) is 179 Å². The number of halogens is 1. The molecule has 0 fully saturated rings. The Balaban J connectivity index is 0.000000501. The first-order valence-electron chi connectivity index (χ1n) is 18.6. The summed E-state index contributed by atoms with van der Waals surface area (Å²) >= 11 is 6.67. The third kappa shape index (κ3) is 14.8. The molecule has 2 unspecified atom stereocenters. The van der Waals surface area contributed by atoms with E-state index < -0.39 is 34.5 Å². The van der Waals surface area contributed by atoms with Gasteiger partial charge in [0.2, 0.25) is 0 Å². The number of hydrogen-bond donors (Lipinski definition) is 3. The first-order valence-corrected chi connectivity index (χ1v) is 19.8. The SMILES string of the molecule is CC#N.CC(=O)CC1(C)c2cc(Br)c(CO)cc2CCN1C(=O)OC(C)(C)C.CCOC(=O)CC1(C)c2ccc(CO)cc2CCN1C(=O)OC(C)(C)C.[B]=NS. The van der Waals surface area contributed by atoms with Crippen LogP contribution in [0.5, 0.6) is 0 Å². The molecule has 0 saturated heterocycles. The molecule has 16 heteroatoms. The molecule has 2 amide bonds. The van der Waals surface area contributed by atoms with Crippen LogP contribution in [0.2, 0.25) is 0 Å². The van der Waals surface area contributed by atoms with Gasteiger partial charge in [0.05, 0.1) is 43.4 Å². The Morgan fingerprint density at radius 2 is 1.35 bits per heavy atom. The summed E-state index contributed by atoms with van der Waals surface area (Å²) in [7, 11) is 4.34. The summed E-state index contributed by atoms with van der Waals surface area (Å²) in [6.07, 6.45) is 0.698. The van der Waals surface area contributed by atoms with E-state index in [9.17, 15) is 29.4 Å². The van der Waals surface area contributed by atoms with Crippen molar-refractivity contribution in [3.63, 3.8) is 0 Å². The van der Waals surface area contributed by atoms with Crippen molar-refractivity contribution in [2.75, 3.05) is 19.7 Å². The number of nitrogens with zero attached hydrogens (tertiary/aromatic N) is 4. The van der Waals surface area contributed by atoms with Gasteiger partial charge in [0.1, 0.15) is 17.0 Å². The van der Waals surface area contributed by atoms with E-state index in [1.807, 2.05) is 85.7 Å². The van der Waals surface area contributed by atoms with Gasteiger partial charge in [0.25, 0.3) is 0 Å². The number of esters is 1. The van der Waals surface area contributed by atoms with Crippen molar-refractivity contribution in [1.82, 2.24) is 9.80 Å². The summed E-state index contributed by atoms with van der Waals surface area (Å²) < 4.78 is 19.7. The number of nitriles is 1. The van der Waals surface area contributed by atoms with E-state index >= 15 is 0 Å². The van der Waals surface area contributed by atoms with Gasteiger partial charge < -0.3 is 24.4 Å². The number of aliphatic hydroxyl groups excluding tert-OH is 2. The standard InChI is InChI=1S/C20H29NO5.C19H26BrNO4.C2H3N.BHNS/c1-6-25-17(23)12-20(5)16-8-7-14(13-22)11-15(16)9-10-21(20)18(24)26-19(2,3)4;1-12(23)10-19(5)15-9-16(20)14(11-22)8-13(15)6-7-21(19)17(24)25-18(2,3)4;2*1-2-3/h7-8,11,22H,6,9-10,12-13H2,1-5H3;8-9,22H,6-7,10-11H2,1-5H3;1H3;3H. The van der Waals surface area contributed by atoms with Crippen molar-refractivity contribution < 1.29 is 43.6 Å². The van der Waals surface area contributed by atoms with Crippen LogP contribution in [0.3, 0.4) is 0 Å². The van der Waals surface area contributed by atoms with Gasteiger partial charge in [-0.1, -0.05) is 40.2 Å². The zero-order valence-corrected chi connectivity index (χ0v) is 37.7. The molecule has 0 aromatic heterocycles. The molecule has 13 nitrogen and oxygen atoms in total. The second kappa shape index (κ2) is 22.4. The number of benzene rings is 2. The third-order valence-electron chi connectivity index (χ3n) is 8.97. The van der Waals surface area contributed by atoms with E-state index in [1.54, 1.807) is 22.8 Å². The average Bonchev–Trinajstić information content (AvgIpc) is 3.07. The number of ketones is 1. The van der Waals surface area contributed by atoms with Crippen LogP contribution >= 0.6 is 28.7 Å². The molecule has 0 bridgehead atoms. The number of aliphatic hydroxyl groups is 2. The predicted octanol–water partition coefficient (Wildman–Crippen LogP) is 7.78. The predicted molar refractivity (Wildman–Crippen MR) is 225 cm³/mol. The molecule has 2 aromatic rings. The fraction of sp³-hybridized carbons (Fsp3) is 0.585. The van der Waals surface area contributed by atoms with Gasteiger partial charge >= 0.3 is 42.9 Å². The zero-order valence-electron chi connectivity index (χ0n) is 35.2. The van der Waals surface area contributed by atoms with Gasteiger partial charge in [-0.2, -0.15) is 5.26 Å². The van der Waals surface area contributed by atoms with E-state index in [-0.39, 0.29) is 44.4 Å². The summed E-state index contributed by atoms with van der Waals surface area (Å²) in [5.41, 5.74) is 2.64. The van der Waals surface area contributed by atoms with Crippen molar-refractivity contribution in [3.8, 4) is 6.07 Å². The van der Waals surface area contributed by atoms with Crippen molar-refractivity contribution in [3.05, 3.63) is 68.2 Å². The third-order valence-corrected chi connectivity index (χ3v) is 9.71. The van der Waals surface area contributed by atoms with Crippen molar-refractivity contribution in [1.29, 1.82) is 5.26 Å². The molecular formula is C41H59BBrN4O9S. The number of hydrogen-bond acceptors (Lipinski definition) is 12. The summed E-state index contributed by atoms with van der Waals surface area (Å²) in [6.45, 7) is 20.5. The van der Waals surface area contributed by atoms with Crippen LogP contribution in [0, 0.1) is 11.3 Å². The molecule has 2 N–H and O–H groups in total. The number of fused-ring (bicyclic) bond motifs is 2. The van der Waals surface area contributed by atoms with Crippen LogP contribution in [-0.2, 0) is 60.9 Å². The maximum atomic E-state index is 12.8. The minimum atomic E-state index is -0.865. The summed E-state index contributed by atoms with van der Waals surface area (Å²) in [5.74, 6) is -0.353. The van der Waals surface area contributed by atoms with Crippen LogP contribution in [-0.4, -0.2) is 82.5 Å². The van der Waals surface area contributed by atoms with Crippen LogP contribution in [0.1, 0.15) is 122 Å². The molecule has 4 rings (SSSR count). The average molecular weight is 875 g/mol. The molecule has 313 valence electrons. The van der Waals surface area contributed by atoms with Gasteiger partial charge in [0.15, 0.2) is 0 Å². The summed E-state index contributed by atoms with van der Waals surface area (Å²) in [5, 5.41) is 26.2. The zero-order chi connectivity index (χ0) is 43.9. The number of carbonyl (C=O) groups excluding carboxylic acids is 4. The van der Waals surface area contributed by atoms with E-state index in [1.165, 1.54) is 13.8 Å². The molecule has 2 heterocycles. The van der Waals surface area contributed by atoms with Crippen LogP contribution in [0.25, 0.3) is 0 Å². The van der Waals surface area contributed by atoms with Crippen molar-refractivity contribution in [2.45, 2.75) is 137 Å². The summed E-state index contributed by atoms with van der Waals surface area (Å²) in [6, 6.07) is 11.3. The van der Waals surface area contributed by atoms with Crippen LogP contribution in [0.4, 0.5) is 9.59 Å². The van der Waals surface area contributed by atoms with Gasteiger partial charge in [-0.25, -0.2) is 9.59 Å². The second-order valence-electron chi connectivity index (χ2n) is 15.9. The first-order chi connectivity index (χ1) is 26.4. The number of rotatable bonds is 7. The Labute approximate surface area is 353 Å². The quantitative estimate of drug-likeness (QED) is 0.108. The molecule has 2 aliphatic rings. The maximum absolute atomic E-state index is 12.8. The fourth-order valence-electron chi connectivity index (χ4n) is 6.80. The fourth-order valence-corrected chi connectivity index (χ4v) is 7.27. The molecule has 2 aliphatic heterocycles. The molecule has 1 radical (unpaired) electrons. The van der Waals surface area contributed by atoms with E-state index in [4.69, 9.17) is 19.5 Å². The molecule has 2 aromatic carbocycles. The van der Waals surface area contributed by atoms with Crippen LogP contribution < -0.4 is 0 Å².